The van der Waals surface area contributed by atoms with Crippen LogP contribution in [0.2, 0.25) is 0 Å². The lowest BCUT2D eigenvalue weighted by Gasteiger charge is -2.02. The van der Waals surface area contributed by atoms with Crippen LogP contribution in [0.1, 0.15) is 37.0 Å². The second-order valence-electron chi connectivity index (χ2n) is 3.63. The molecular formula is C12H15N3O3. The second kappa shape index (κ2) is 6.48. The number of rotatable bonds is 5. The molecule has 0 saturated carbocycles. The Morgan fingerprint density at radius 1 is 1.28 bits per heavy atom. The van der Waals surface area contributed by atoms with Crippen molar-refractivity contribution in [1.29, 1.82) is 0 Å². The summed E-state index contributed by atoms with van der Waals surface area (Å²) < 4.78 is 0. The molecule has 0 aromatic heterocycles. The Morgan fingerprint density at radius 2 is 1.83 bits per heavy atom. The normalized spacial score (nSPS) is 9.67. The largest absolute Gasteiger partial charge is 0.271 e. The average Bonchev–Trinajstić information content (AvgIpc) is 2.39. The number of hydrogen-bond donors (Lipinski definition) is 1. The fourth-order valence-corrected chi connectivity index (χ4v) is 1.34. The minimum absolute atomic E-state index is 0.0437. The van der Waals surface area contributed by atoms with Gasteiger partial charge in [0.2, 0.25) is 0 Å². The van der Waals surface area contributed by atoms with Gasteiger partial charge >= 0.3 is 0 Å². The van der Waals surface area contributed by atoms with E-state index in [1.807, 2.05) is 13.8 Å². The zero-order chi connectivity index (χ0) is 13.5. The highest BCUT2D eigenvalue weighted by Gasteiger charge is 2.08. The van der Waals surface area contributed by atoms with Gasteiger partial charge < -0.3 is 0 Å². The van der Waals surface area contributed by atoms with Gasteiger partial charge in [-0.1, -0.05) is 13.8 Å². The number of non-ortho nitro benzene ring substituents is 1. The average molecular weight is 249 g/mol. The number of amides is 1. The van der Waals surface area contributed by atoms with Gasteiger partial charge in [0, 0.05) is 23.4 Å². The van der Waals surface area contributed by atoms with Crippen molar-refractivity contribution in [2.75, 3.05) is 0 Å². The third kappa shape index (κ3) is 3.65. The van der Waals surface area contributed by atoms with E-state index in [1.54, 1.807) is 0 Å². The highest BCUT2D eigenvalue weighted by atomic mass is 16.6. The SMILES string of the molecule is CCC(CC)=NNC(=O)c1ccc([N+](=O)[O-])cc1. The molecule has 0 aliphatic carbocycles. The van der Waals surface area contributed by atoms with Crippen molar-refractivity contribution in [3.8, 4) is 0 Å². The minimum atomic E-state index is -0.508. The first-order valence-electron chi connectivity index (χ1n) is 5.68. The van der Waals surface area contributed by atoms with Crippen LogP contribution in [0.15, 0.2) is 29.4 Å². The van der Waals surface area contributed by atoms with Crippen molar-refractivity contribution in [3.63, 3.8) is 0 Å². The van der Waals surface area contributed by atoms with Gasteiger partial charge in [0.15, 0.2) is 0 Å². The molecule has 0 fully saturated rings. The molecule has 96 valence electrons. The smallest absolute Gasteiger partial charge is 0.267 e. The predicted octanol–water partition coefficient (Wildman–Crippen LogP) is 2.50. The molecule has 6 nitrogen and oxygen atoms in total. The number of nitrogens with zero attached hydrogens (tertiary/aromatic N) is 2. The van der Waals surface area contributed by atoms with Crippen LogP contribution in [0.5, 0.6) is 0 Å². The van der Waals surface area contributed by atoms with Gasteiger partial charge in [-0.05, 0) is 25.0 Å². The van der Waals surface area contributed by atoms with Crippen LogP contribution in [0.4, 0.5) is 5.69 Å². The molecule has 0 bridgehead atoms. The summed E-state index contributed by atoms with van der Waals surface area (Å²) in [5.41, 5.74) is 3.62. The van der Waals surface area contributed by atoms with Crippen LogP contribution in [0.3, 0.4) is 0 Å². The molecule has 0 spiro atoms. The minimum Gasteiger partial charge on any atom is -0.267 e. The van der Waals surface area contributed by atoms with Crippen LogP contribution < -0.4 is 5.43 Å². The van der Waals surface area contributed by atoms with E-state index in [2.05, 4.69) is 10.5 Å². The molecule has 6 heteroatoms. The topological polar surface area (TPSA) is 84.6 Å². The maximum atomic E-state index is 11.7. The van der Waals surface area contributed by atoms with E-state index in [1.165, 1.54) is 24.3 Å². The predicted molar refractivity (Wildman–Crippen MR) is 68.6 cm³/mol. The van der Waals surface area contributed by atoms with E-state index in [9.17, 15) is 14.9 Å². The van der Waals surface area contributed by atoms with Crippen LogP contribution in [-0.2, 0) is 0 Å². The van der Waals surface area contributed by atoms with Crippen molar-refractivity contribution in [1.82, 2.24) is 5.43 Å². The number of hydrogen-bond acceptors (Lipinski definition) is 4. The molecule has 0 aliphatic heterocycles. The van der Waals surface area contributed by atoms with Crippen LogP contribution in [0, 0.1) is 10.1 Å². The summed E-state index contributed by atoms with van der Waals surface area (Å²) in [4.78, 5) is 21.6. The summed E-state index contributed by atoms with van der Waals surface area (Å²) in [5.74, 6) is -0.371. The quantitative estimate of drug-likeness (QED) is 0.494. The molecule has 0 radical (unpaired) electrons. The maximum absolute atomic E-state index is 11.7. The van der Waals surface area contributed by atoms with Gasteiger partial charge in [-0.15, -0.1) is 0 Å². The van der Waals surface area contributed by atoms with E-state index in [4.69, 9.17) is 0 Å². The van der Waals surface area contributed by atoms with Gasteiger partial charge in [-0.3, -0.25) is 14.9 Å². The fraction of sp³-hybridized carbons (Fsp3) is 0.333. The molecule has 1 aromatic carbocycles. The molecule has 18 heavy (non-hydrogen) atoms. The Kier molecular flexibility index (Phi) is 4.98. The van der Waals surface area contributed by atoms with Crippen molar-refractivity contribution >= 4 is 17.3 Å². The van der Waals surface area contributed by atoms with E-state index < -0.39 is 4.92 Å². The highest BCUT2D eigenvalue weighted by Crippen LogP contribution is 2.11. The van der Waals surface area contributed by atoms with Gasteiger partial charge in [0.25, 0.3) is 11.6 Å². The number of hydrazone groups is 1. The van der Waals surface area contributed by atoms with Crippen LogP contribution in [0.25, 0.3) is 0 Å². The molecule has 0 saturated heterocycles. The number of nitro groups is 1. The third-order valence-electron chi connectivity index (χ3n) is 2.47. The first kappa shape index (κ1) is 13.8. The van der Waals surface area contributed by atoms with Gasteiger partial charge in [0.1, 0.15) is 0 Å². The van der Waals surface area contributed by atoms with Crippen LogP contribution in [-0.4, -0.2) is 16.5 Å². The van der Waals surface area contributed by atoms with E-state index in [0.717, 1.165) is 18.6 Å². The zero-order valence-electron chi connectivity index (χ0n) is 10.3. The molecule has 1 rings (SSSR count). The fourth-order valence-electron chi connectivity index (χ4n) is 1.34. The summed E-state index contributed by atoms with van der Waals surface area (Å²) in [6.45, 7) is 3.92. The lowest BCUT2D eigenvalue weighted by atomic mass is 10.2. The number of carbonyl (C=O) groups is 1. The van der Waals surface area contributed by atoms with Gasteiger partial charge in [0.05, 0.1) is 4.92 Å². The molecular weight excluding hydrogens is 234 g/mol. The van der Waals surface area contributed by atoms with Gasteiger partial charge in [-0.25, -0.2) is 5.43 Å². The lowest BCUT2D eigenvalue weighted by Crippen LogP contribution is -2.19. The lowest BCUT2D eigenvalue weighted by molar-refractivity contribution is -0.384. The standard InChI is InChI=1S/C12H15N3O3/c1-3-10(4-2)13-14-12(16)9-5-7-11(8-6-9)15(17)18/h5-8H,3-4H2,1-2H3,(H,14,16). The Morgan fingerprint density at radius 3 is 2.28 bits per heavy atom. The Bertz CT molecular complexity index is 460. The zero-order valence-corrected chi connectivity index (χ0v) is 10.3. The second-order valence-corrected chi connectivity index (χ2v) is 3.63. The molecule has 1 N–H and O–H groups in total. The van der Waals surface area contributed by atoms with E-state index in [-0.39, 0.29) is 11.6 Å². The molecule has 0 atom stereocenters. The van der Waals surface area contributed by atoms with E-state index >= 15 is 0 Å². The number of benzene rings is 1. The molecule has 0 unspecified atom stereocenters. The Labute approximate surface area is 105 Å². The molecule has 0 aliphatic rings. The van der Waals surface area contributed by atoms with Crippen LogP contribution >= 0.6 is 0 Å². The first-order valence-corrected chi connectivity index (χ1v) is 5.68. The summed E-state index contributed by atoms with van der Waals surface area (Å²) in [6, 6.07) is 5.39. The summed E-state index contributed by atoms with van der Waals surface area (Å²) in [5, 5.41) is 14.4. The molecule has 1 amide bonds. The number of nitro benzene ring substituents is 1. The Balaban J connectivity index is 2.73. The summed E-state index contributed by atoms with van der Waals surface area (Å²) >= 11 is 0. The van der Waals surface area contributed by atoms with Gasteiger partial charge in [-0.2, -0.15) is 5.10 Å². The van der Waals surface area contributed by atoms with Crippen molar-refractivity contribution < 1.29 is 9.72 Å². The maximum Gasteiger partial charge on any atom is 0.271 e. The first-order chi connectivity index (χ1) is 8.58. The Hall–Kier alpha value is -2.24. The number of carbonyl (C=O) groups excluding carboxylic acids is 1. The van der Waals surface area contributed by atoms with Crippen molar-refractivity contribution in [2.24, 2.45) is 5.10 Å². The van der Waals surface area contributed by atoms with Crippen molar-refractivity contribution in [2.45, 2.75) is 26.7 Å². The van der Waals surface area contributed by atoms with E-state index in [0.29, 0.717) is 5.56 Å². The van der Waals surface area contributed by atoms with Crippen molar-refractivity contribution in [3.05, 3.63) is 39.9 Å². The highest BCUT2D eigenvalue weighted by molar-refractivity contribution is 5.95. The summed E-state index contributed by atoms with van der Waals surface area (Å²) in [6.07, 6.45) is 1.55. The molecule has 0 heterocycles. The monoisotopic (exact) mass is 249 g/mol. The summed E-state index contributed by atoms with van der Waals surface area (Å²) in [7, 11) is 0. The number of nitrogens with one attached hydrogen (secondary N) is 1. The molecule has 1 aromatic rings. The third-order valence-corrected chi connectivity index (χ3v) is 2.47.